The summed E-state index contributed by atoms with van der Waals surface area (Å²) in [4.78, 5) is 29.3. The maximum Gasteiger partial charge on any atom is 0.430 e. The van der Waals surface area contributed by atoms with Crippen molar-refractivity contribution in [3.05, 3.63) is 60.2 Å². The Bertz CT molecular complexity index is 1010. The van der Waals surface area contributed by atoms with Crippen molar-refractivity contribution in [2.45, 2.75) is 30.2 Å². The smallest absolute Gasteiger partial charge is 0.430 e. The van der Waals surface area contributed by atoms with Crippen molar-refractivity contribution in [1.29, 1.82) is 0 Å². The van der Waals surface area contributed by atoms with Crippen molar-refractivity contribution >= 4 is 17.5 Å². The molecule has 0 unspecified atom stereocenters. The van der Waals surface area contributed by atoms with Gasteiger partial charge in [0.1, 0.15) is 11.3 Å². The van der Waals surface area contributed by atoms with Crippen LogP contribution in [-0.4, -0.2) is 55.7 Å². The summed E-state index contributed by atoms with van der Waals surface area (Å²) in [7, 11) is 2.39. The van der Waals surface area contributed by atoms with Gasteiger partial charge in [0.25, 0.3) is 17.4 Å². The molecular formula is C23H23F3N2O4. The number of carbonyl (C=O) groups is 2. The maximum absolute atomic E-state index is 14.4. The first kappa shape index (κ1) is 22.1. The first-order valence-electron chi connectivity index (χ1n) is 10.2. The number of likely N-dealkylation sites (tertiary alicyclic amines) is 1. The number of alkyl halides is 3. The van der Waals surface area contributed by atoms with Gasteiger partial charge >= 0.3 is 6.18 Å². The number of β-lactam (4-membered cyclic amide) rings is 1. The van der Waals surface area contributed by atoms with Gasteiger partial charge in [-0.15, -0.1) is 0 Å². The number of ether oxygens (including phenoxy) is 2. The quantitative estimate of drug-likeness (QED) is 0.657. The second-order valence-electron chi connectivity index (χ2n) is 7.93. The standard InChI is InChI=1S/C23H23F3N2O4/c1-31-18-11-9-17(10-12-18)27-15-21(19(27)29)13-6-14-28(21)20(30)22(32-2,23(24,25)26)16-7-4-3-5-8-16/h3-5,7-12H,6,13-15H2,1-2H3/t21-,22-/m1/s1. The van der Waals surface area contributed by atoms with Crippen molar-refractivity contribution in [2.24, 2.45) is 0 Å². The molecule has 2 aliphatic heterocycles. The monoisotopic (exact) mass is 448 g/mol. The average molecular weight is 448 g/mol. The molecule has 2 saturated heterocycles. The van der Waals surface area contributed by atoms with E-state index < -0.39 is 29.1 Å². The third-order valence-corrected chi connectivity index (χ3v) is 6.37. The van der Waals surface area contributed by atoms with Crippen LogP contribution in [0.15, 0.2) is 54.6 Å². The lowest BCUT2D eigenvalue weighted by Crippen LogP contribution is -2.75. The minimum Gasteiger partial charge on any atom is -0.497 e. The molecule has 9 heteroatoms. The van der Waals surface area contributed by atoms with Crippen LogP contribution in [0, 0.1) is 0 Å². The van der Waals surface area contributed by atoms with Gasteiger partial charge in [-0.3, -0.25) is 9.59 Å². The van der Waals surface area contributed by atoms with Gasteiger partial charge in [0.15, 0.2) is 0 Å². The van der Waals surface area contributed by atoms with Gasteiger partial charge in [0.2, 0.25) is 0 Å². The molecule has 2 aliphatic rings. The summed E-state index contributed by atoms with van der Waals surface area (Å²) in [5.74, 6) is -1.04. The number of benzene rings is 2. The summed E-state index contributed by atoms with van der Waals surface area (Å²) in [6.45, 7) is 0.172. The Hall–Kier alpha value is -3.07. The van der Waals surface area contributed by atoms with Crippen molar-refractivity contribution in [1.82, 2.24) is 4.90 Å². The summed E-state index contributed by atoms with van der Waals surface area (Å²) >= 11 is 0. The molecule has 0 aliphatic carbocycles. The number of amides is 2. The molecule has 1 spiro atoms. The molecule has 2 heterocycles. The largest absolute Gasteiger partial charge is 0.497 e. The van der Waals surface area contributed by atoms with E-state index in [4.69, 9.17) is 9.47 Å². The van der Waals surface area contributed by atoms with Crippen LogP contribution in [0.1, 0.15) is 18.4 Å². The minimum atomic E-state index is -5.02. The molecule has 2 fully saturated rings. The third kappa shape index (κ3) is 3.06. The summed E-state index contributed by atoms with van der Waals surface area (Å²) in [6, 6.07) is 13.6. The lowest BCUT2D eigenvalue weighted by atomic mass is 9.82. The Balaban J connectivity index is 1.68. The van der Waals surface area contributed by atoms with Crippen LogP contribution in [0.5, 0.6) is 5.75 Å². The topological polar surface area (TPSA) is 59.1 Å². The number of carbonyl (C=O) groups excluding carboxylic acids is 2. The van der Waals surface area contributed by atoms with Crippen LogP contribution < -0.4 is 9.64 Å². The second-order valence-corrected chi connectivity index (χ2v) is 7.93. The lowest BCUT2D eigenvalue weighted by Gasteiger charge is -2.52. The Labute approximate surface area is 183 Å². The van der Waals surface area contributed by atoms with E-state index in [0.717, 1.165) is 12.0 Å². The van der Waals surface area contributed by atoms with Gasteiger partial charge in [0.05, 0.1) is 13.7 Å². The van der Waals surface area contributed by atoms with Gasteiger partial charge in [0, 0.05) is 24.9 Å². The molecule has 0 radical (unpaired) electrons. The summed E-state index contributed by atoms with van der Waals surface area (Å²) in [6.07, 6.45) is -4.29. The molecule has 2 aromatic rings. The average Bonchev–Trinajstić information content (AvgIpc) is 3.25. The molecule has 2 aromatic carbocycles. The van der Waals surface area contributed by atoms with E-state index in [1.165, 1.54) is 36.3 Å². The van der Waals surface area contributed by atoms with Crippen LogP contribution in [0.25, 0.3) is 0 Å². The fourth-order valence-corrected chi connectivity index (χ4v) is 4.69. The van der Waals surface area contributed by atoms with E-state index >= 15 is 0 Å². The number of methoxy groups -OCH3 is 2. The maximum atomic E-state index is 14.4. The van der Waals surface area contributed by atoms with E-state index in [-0.39, 0.29) is 18.7 Å². The fourth-order valence-electron chi connectivity index (χ4n) is 4.69. The van der Waals surface area contributed by atoms with Crippen LogP contribution in [-0.2, 0) is 19.9 Å². The second kappa shape index (κ2) is 7.81. The van der Waals surface area contributed by atoms with Crippen molar-refractivity contribution in [3.63, 3.8) is 0 Å². The van der Waals surface area contributed by atoms with Crippen molar-refractivity contribution < 1.29 is 32.2 Å². The first-order valence-corrected chi connectivity index (χ1v) is 10.2. The number of rotatable bonds is 5. The molecule has 0 aromatic heterocycles. The summed E-state index contributed by atoms with van der Waals surface area (Å²) in [5.41, 5.74) is -4.22. The predicted molar refractivity (Wildman–Crippen MR) is 110 cm³/mol. The molecule has 170 valence electrons. The molecule has 2 atom stereocenters. The number of nitrogens with zero attached hydrogens (tertiary/aromatic N) is 2. The molecular weight excluding hydrogens is 425 g/mol. The highest BCUT2D eigenvalue weighted by Crippen LogP contribution is 2.48. The summed E-state index contributed by atoms with van der Waals surface area (Å²) in [5, 5.41) is 0. The molecule has 0 N–H and O–H groups in total. The molecule has 0 bridgehead atoms. The zero-order valence-corrected chi connectivity index (χ0v) is 17.7. The number of hydrogen-bond donors (Lipinski definition) is 0. The SMILES string of the molecule is COc1ccc(N2C[C@]3(CCCN3C(=O)[C@](OC)(c3ccccc3)C(F)(F)F)C2=O)cc1. The fraction of sp³-hybridized carbons (Fsp3) is 0.391. The Morgan fingerprint density at radius 3 is 2.22 bits per heavy atom. The highest BCUT2D eigenvalue weighted by Gasteiger charge is 2.69. The highest BCUT2D eigenvalue weighted by molar-refractivity contribution is 6.10. The Kier molecular flexibility index (Phi) is 5.40. The normalized spacial score (nSPS) is 22.6. The summed E-state index contributed by atoms with van der Waals surface area (Å²) < 4.78 is 53.2. The Morgan fingerprint density at radius 2 is 1.69 bits per heavy atom. The minimum absolute atomic E-state index is 0.0506. The predicted octanol–water partition coefficient (Wildman–Crippen LogP) is 3.51. The van der Waals surface area contributed by atoms with Crippen LogP contribution in [0.3, 0.4) is 0 Å². The molecule has 6 nitrogen and oxygen atoms in total. The van der Waals surface area contributed by atoms with Gasteiger partial charge in [-0.25, -0.2) is 0 Å². The highest BCUT2D eigenvalue weighted by atomic mass is 19.4. The van der Waals surface area contributed by atoms with Gasteiger partial charge in [-0.1, -0.05) is 30.3 Å². The van der Waals surface area contributed by atoms with Crippen LogP contribution in [0.4, 0.5) is 18.9 Å². The number of halogens is 3. The van der Waals surface area contributed by atoms with E-state index in [2.05, 4.69) is 0 Å². The van der Waals surface area contributed by atoms with Crippen LogP contribution in [0.2, 0.25) is 0 Å². The van der Waals surface area contributed by atoms with Gasteiger partial charge in [-0.05, 0) is 37.1 Å². The van der Waals surface area contributed by atoms with Crippen LogP contribution >= 0.6 is 0 Å². The van der Waals surface area contributed by atoms with E-state index in [0.29, 0.717) is 24.3 Å². The molecule has 4 rings (SSSR count). The Morgan fingerprint density at radius 1 is 1.03 bits per heavy atom. The van der Waals surface area contributed by atoms with E-state index in [9.17, 15) is 22.8 Å². The molecule has 32 heavy (non-hydrogen) atoms. The van der Waals surface area contributed by atoms with Gasteiger partial charge < -0.3 is 19.3 Å². The first-order chi connectivity index (χ1) is 15.2. The zero-order chi connectivity index (χ0) is 23.1. The molecule has 0 saturated carbocycles. The van der Waals surface area contributed by atoms with Crippen molar-refractivity contribution in [2.75, 3.05) is 32.2 Å². The van der Waals surface area contributed by atoms with E-state index in [1.54, 1.807) is 30.3 Å². The van der Waals surface area contributed by atoms with E-state index in [1.807, 2.05) is 0 Å². The third-order valence-electron chi connectivity index (χ3n) is 6.37. The van der Waals surface area contributed by atoms with Gasteiger partial charge in [-0.2, -0.15) is 13.2 Å². The lowest BCUT2D eigenvalue weighted by molar-refractivity contribution is -0.271. The number of anilines is 1. The van der Waals surface area contributed by atoms with Crippen molar-refractivity contribution in [3.8, 4) is 5.75 Å². The molecule has 2 amide bonds. The zero-order valence-electron chi connectivity index (χ0n) is 17.7. The number of hydrogen-bond acceptors (Lipinski definition) is 4.